The number of hydrogen-bond acceptors (Lipinski definition) is 16. The fraction of sp³-hybridized carbons (Fsp3) is 0.829. The third-order valence-electron chi connectivity index (χ3n) is 15.6. The second-order valence-electron chi connectivity index (χ2n) is 24.1. The normalized spacial score (nSPS) is 16.5. The van der Waals surface area contributed by atoms with Crippen LogP contribution in [0.15, 0.2) is 48.6 Å². The number of aliphatic hydroxyl groups excluding tert-OH is 4. The minimum Gasteiger partial charge on any atom is -0.463 e. The molecule has 0 spiro atoms. The van der Waals surface area contributed by atoms with Gasteiger partial charge in [0, 0.05) is 78.0 Å². The Hall–Kier alpha value is -3.48. The summed E-state index contributed by atoms with van der Waals surface area (Å²) < 4.78 is 22.3. The summed E-state index contributed by atoms with van der Waals surface area (Å²) in [5, 5.41) is 45.3. The van der Waals surface area contributed by atoms with Gasteiger partial charge in [-0.2, -0.15) is 0 Å². The van der Waals surface area contributed by atoms with Crippen molar-refractivity contribution in [3.8, 4) is 0 Å². The average molecular weight is 1220 g/mol. The Morgan fingerprint density at radius 1 is 0.302 bits per heavy atom. The monoisotopic (exact) mass is 1220 g/mol. The molecule has 4 N–H and O–H groups in total. The summed E-state index contributed by atoms with van der Waals surface area (Å²) in [6, 6.07) is 0. The van der Waals surface area contributed by atoms with Crippen LogP contribution in [-0.2, 0) is 38.1 Å². The number of carbonyl (C=O) groups is 4. The van der Waals surface area contributed by atoms with Crippen molar-refractivity contribution in [3.63, 3.8) is 0 Å². The zero-order valence-corrected chi connectivity index (χ0v) is 55.1. The molecule has 4 unspecified atom stereocenters. The van der Waals surface area contributed by atoms with Crippen LogP contribution in [0.1, 0.15) is 246 Å². The van der Waals surface area contributed by atoms with E-state index in [-0.39, 0.29) is 76.5 Å². The van der Waals surface area contributed by atoms with Gasteiger partial charge in [-0.05, 0) is 142 Å². The van der Waals surface area contributed by atoms with Crippen molar-refractivity contribution >= 4 is 23.9 Å². The Labute approximate surface area is 523 Å². The highest BCUT2D eigenvalue weighted by molar-refractivity contribution is 5.70. The Morgan fingerprint density at radius 2 is 0.500 bits per heavy atom. The second-order valence-corrected chi connectivity index (χ2v) is 24.1. The van der Waals surface area contributed by atoms with E-state index >= 15 is 0 Å². The van der Waals surface area contributed by atoms with Crippen molar-refractivity contribution in [2.75, 3.05) is 105 Å². The Balaban J connectivity index is 3.15. The zero-order valence-electron chi connectivity index (χ0n) is 55.1. The molecule has 16 heteroatoms. The highest BCUT2D eigenvalue weighted by Gasteiger charge is 2.23. The number of esters is 4. The average Bonchev–Trinajstić information content (AvgIpc) is 3.67. The summed E-state index contributed by atoms with van der Waals surface area (Å²) in [5.74, 6) is -1.27. The van der Waals surface area contributed by atoms with Gasteiger partial charge < -0.3 is 39.4 Å². The topological polar surface area (TPSA) is 199 Å². The van der Waals surface area contributed by atoms with Crippen LogP contribution in [0.2, 0.25) is 0 Å². The third-order valence-corrected chi connectivity index (χ3v) is 15.6. The van der Waals surface area contributed by atoms with E-state index in [9.17, 15) is 39.6 Å². The van der Waals surface area contributed by atoms with Gasteiger partial charge in [-0.3, -0.25) is 38.8 Å². The van der Waals surface area contributed by atoms with Crippen molar-refractivity contribution in [1.29, 1.82) is 0 Å². The number of rotatable bonds is 52. The molecule has 16 nitrogen and oxygen atoms in total. The Morgan fingerprint density at radius 3 is 0.698 bits per heavy atom. The summed E-state index contributed by atoms with van der Waals surface area (Å²) in [4.78, 5) is 59.6. The molecule has 0 radical (unpaired) electrons. The van der Waals surface area contributed by atoms with E-state index in [1.807, 2.05) is 0 Å². The molecule has 500 valence electrons. The first-order chi connectivity index (χ1) is 41.9. The van der Waals surface area contributed by atoms with Gasteiger partial charge in [0.05, 0.1) is 0 Å². The fourth-order valence-corrected chi connectivity index (χ4v) is 10.3. The molecule has 86 heavy (non-hydrogen) atoms. The number of carbonyl (C=O) groups excluding carboxylic acids is 4. The standard InChI is InChI=1S/C70H128N4O12/c1-5-9-13-17-21-25-29-33-37-43-67(79)83-59-63(75)55-71-47-41-48-73(57-65(77)61-85-69(81)45-39-35-31-27-23-19-15-11-7-3)53-54-74(58-66(78)62-86-70(82)46-40-36-32-28-24-20-16-12-8-4)50-42-49-72(52-51-71)56-64(76)60-84-68(80)44-38-34-30-26-22-18-14-10-6-2/h17-24,63-66,75-78H,5-16,25-62H2,1-4H3/b21-17-,22-18-,23-19-,24-20-. The highest BCUT2D eigenvalue weighted by atomic mass is 16.6. The van der Waals surface area contributed by atoms with E-state index in [0.717, 1.165) is 128 Å². The minimum atomic E-state index is -0.932. The van der Waals surface area contributed by atoms with Crippen molar-refractivity contribution in [2.24, 2.45) is 0 Å². The predicted molar refractivity (Wildman–Crippen MR) is 350 cm³/mol. The lowest BCUT2D eigenvalue weighted by Crippen LogP contribution is -2.47. The zero-order chi connectivity index (χ0) is 62.8. The molecule has 1 saturated heterocycles. The number of nitrogens with zero attached hydrogens (tertiary/aromatic N) is 4. The van der Waals surface area contributed by atoms with E-state index in [1.165, 1.54) is 51.4 Å². The number of β-amino-alcohol motifs (C(OH)–C–C–N with tert-alkyl or cyclic N) is 4. The summed E-state index contributed by atoms with van der Waals surface area (Å²) in [6.45, 7) is 13.7. The molecular formula is C70H128N4O12. The minimum absolute atomic E-state index is 0.120. The van der Waals surface area contributed by atoms with Gasteiger partial charge in [-0.15, -0.1) is 0 Å². The van der Waals surface area contributed by atoms with Crippen molar-refractivity contribution in [1.82, 2.24) is 19.6 Å². The lowest BCUT2D eigenvalue weighted by molar-refractivity contribution is -0.148. The number of aliphatic hydroxyl groups is 4. The van der Waals surface area contributed by atoms with Gasteiger partial charge in [0.15, 0.2) is 0 Å². The van der Waals surface area contributed by atoms with Crippen molar-refractivity contribution < 1.29 is 58.6 Å². The maximum Gasteiger partial charge on any atom is 0.305 e. The molecule has 4 atom stereocenters. The van der Waals surface area contributed by atoms with Gasteiger partial charge in [0.1, 0.15) is 50.8 Å². The Bertz CT molecular complexity index is 1490. The molecule has 1 aliphatic heterocycles. The van der Waals surface area contributed by atoms with Gasteiger partial charge in [0.25, 0.3) is 0 Å². The number of unbranched alkanes of at least 4 members (excludes halogenated alkanes) is 20. The summed E-state index contributed by atoms with van der Waals surface area (Å²) in [7, 11) is 0. The first-order valence-electron chi connectivity index (χ1n) is 34.7. The van der Waals surface area contributed by atoms with Crippen molar-refractivity contribution in [2.45, 2.75) is 270 Å². The van der Waals surface area contributed by atoms with Crippen LogP contribution >= 0.6 is 0 Å². The third kappa shape index (κ3) is 52.5. The van der Waals surface area contributed by atoms with E-state index in [2.05, 4.69) is 95.9 Å². The molecule has 0 bridgehead atoms. The smallest absolute Gasteiger partial charge is 0.305 e. The molecule has 0 saturated carbocycles. The molecule has 0 amide bonds. The number of allylic oxidation sites excluding steroid dienone is 8. The quantitative estimate of drug-likeness (QED) is 0.0194. The fourth-order valence-electron chi connectivity index (χ4n) is 10.3. The van der Waals surface area contributed by atoms with Crippen LogP contribution in [0, 0.1) is 0 Å². The molecule has 0 aliphatic carbocycles. The summed E-state index contributed by atoms with van der Waals surface area (Å²) in [5.41, 5.74) is 0. The maximum atomic E-state index is 12.8. The SMILES string of the molecule is CCCC/C=C\CCCCCC(=O)OCC(O)CN1CCCN(CC(O)COC(=O)CCCCC/C=C\CCCC)CCN(CC(O)COC(=O)CCCCC/C=C\CCCC)CCCN(CC(O)COC(=O)CCCCC/C=C\CCCC)CC1. The van der Waals surface area contributed by atoms with Crippen LogP contribution in [0.4, 0.5) is 0 Å². The Kier molecular flexibility index (Phi) is 55.4. The molecule has 0 aromatic rings. The molecule has 1 heterocycles. The summed E-state index contributed by atoms with van der Waals surface area (Å²) >= 11 is 0. The molecule has 0 aromatic heterocycles. The maximum absolute atomic E-state index is 12.8. The van der Waals surface area contributed by atoms with E-state index in [1.54, 1.807) is 0 Å². The predicted octanol–water partition coefficient (Wildman–Crippen LogP) is 12.4. The van der Waals surface area contributed by atoms with Gasteiger partial charge in [0.2, 0.25) is 0 Å². The van der Waals surface area contributed by atoms with Crippen LogP contribution in [0.5, 0.6) is 0 Å². The molecule has 0 aromatic carbocycles. The van der Waals surface area contributed by atoms with Gasteiger partial charge >= 0.3 is 23.9 Å². The van der Waals surface area contributed by atoms with Crippen LogP contribution in [0.3, 0.4) is 0 Å². The lowest BCUT2D eigenvalue weighted by atomic mass is 10.1. The molecular weight excluding hydrogens is 1090 g/mol. The lowest BCUT2D eigenvalue weighted by Gasteiger charge is -2.34. The molecule has 1 aliphatic rings. The largest absolute Gasteiger partial charge is 0.463 e. The van der Waals surface area contributed by atoms with E-state index in [0.29, 0.717) is 90.9 Å². The van der Waals surface area contributed by atoms with E-state index in [4.69, 9.17) is 18.9 Å². The van der Waals surface area contributed by atoms with Crippen LogP contribution in [-0.4, -0.2) is 193 Å². The first kappa shape index (κ1) is 80.5. The first-order valence-corrected chi connectivity index (χ1v) is 34.7. The van der Waals surface area contributed by atoms with Gasteiger partial charge in [-0.1, -0.05) is 153 Å². The van der Waals surface area contributed by atoms with Crippen molar-refractivity contribution in [3.05, 3.63) is 48.6 Å². The molecule has 1 rings (SSSR count). The summed E-state index contributed by atoms with van der Waals surface area (Å²) in [6.07, 6.45) is 45.4. The van der Waals surface area contributed by atoms with Crippen LogP contribution in [0.25, 0.3) is 0 Å². The number of ether oxygens (including phenoxy) is 4. The molecule has 1 fully saturated rings. The van der Waals surface area contributed by atoms with Crippen LogP contribution < -0.4 is 0 Å². The number of hydrogen-bond donors (Lipinski definition) is 4. The van der Waals surface area contributed by atoms with E-state index < -0.39 is 24.4 Å². The van der Waals surface area contributed by atoms with Gasteiger partial charge in [-0.25, -0.2) is 0 Å². The second kappa shape index (κ2) is 59.2. The highest BCUT2D eigenvalue weighted by Crippen LogP contribution is 2.13.